The van der Waals surface area contributed by atoms with Crippen LogP contribution in [0.15, 0.2) is 49.1 Å². The number of nitrogens with one attached hydrogen (secondary N) is 1. The van der Waals surface area contributed by atoms with E-state index in [1.165, 1.54) is 5.56 Å². The van der Waals surface area contributed by atoms with Crippen LogP contribution in [0.5, 0.6) is 0 Å². The fourth-order valence-electron chi connectivity index (χ4n) is 3.29. The smallest absolute Gasteiger partial charge is 0.268 e. The van der Waals surface area contributed by atoms with Crippen molar-refractivity contribution in [2.24, 2.45) is 7.05 Å². The summed E-state index contributed by atoms with van der Waals surface area (Å²) in [6.07, 6.45) is 7.61. The molecule has 3 aromatic heterocycles. The molecule has 1 aliphatic rings. The Morgan fingerprint density at radius 1 is 1.27 bits per heavy atom. The van der Waals surface area contributed by atoms with E-state index in [1.54, 1.807) is 6.20 Å². The van der Waals surface area contributed by atoms with Gasteiger partial charge in [-0.05, 0) is 23.8 Å². The monoisotopic (exact) mass is 350 g/mol. The summed E-state index contributed by atoms with van der Waals surface area (Å²) >= 11 is 0. The van der Waals surface area contributed by atoms with Crippen LogP contribution in [0.1, 0.15) is 27.6 Å². The van der Waals surface area contributed by atoms with Crippen LogP contribution in [0, 0.1) is 0 Å². The van der Waals surface area contributed by atoms with E-state index in [4.69, 9.17) is 4.98 Å². The first-order valence-corrected chi connectivity index (χ1v) is 8.75. The maximum Gasteiger partial charge on any atom is 0.268 e. The Kier molecular flexibility index (Phi) is 4.53. The number of amides is 1. The lowest BCUT2D eigenvalue weighted by atomic mass is 10.2. The summed E-state index contributed by atoms with van der Waals surface area (Å²) in [6.45, 7) is 4.01. The van der Waals surface area contributed by atoms with Crippen LogP contribution in [0.25, 0.3) is 0 Å². The Labute approximate surface area is 152 Å². The summed E-state index contributed by atoms with van der Waals surface area (Å²) in [5.41, 5.74) is 2.75. The summed E-state index contributed by atoms with van der Waals surface area (Å²) in [4.78, 5) is 23.5. The quantitative estimate of drug-likeness (QED) is 0.758. The Morgan fingerprint density at radius 2 is 2.19 bits per heavy atom. The van der Waals surface area contributed by atoms with Gasteiger partial charge in [-0.15, -0.1) is 0 Å². The summed E-state index contributed by atoms with van der Waals surface area (Å²) < 4.78 is 3.99. The normalized spacial score (nSPS) is 14.2. The molecule has 7 heteroatoms. The van der Waals surface area contributed by atoms with Crippen molar-refractivity contribution in [1.82, 2.24) is 29.3 Å². The van der Waals surface area contributed by atoms with Gasteiger partial charge < -0.3 is 14.5 Å². The van der Waals surface area contributed by atoms with Gasteiger partial charge in [-0.1, -0.05) is 6.07 Å². The third kappa shape index (κ3) is 3.52. The van der Waals surface area contributed by atoms with Gasteiger partial charge in [0.2, 0.25) is 0 Å². The Morgan fingerprint density at radius 3 is 2.96 bits per heavy atom. The third-order valence-electron chi connectivity index (χ3n) is 4.67. The summed E-state index contributed by atoms with van der Waals surface area (Å²) in [5.74, 6) is 0.963. The number of imidazole rings is 1. The number of rotatable bonds is 5. The lowest BCUT2D eigenvalue weighted by molar-refractivity contribution is 0.0942. The SMILES string of the molecule is Cn1cccc1C(=O)NCc1cn2c(n1)CN(Cc1cccnc1)CC2. The topological polar surface area (TPSA) is 68.0 Å². The second-order valence-electron chi connectivity index (χ2n) is 6.60. The highest BCUT2D eigenvalue weighted by Gasteiger charge is 2.19. The van der Waals surface area contributed by atoms with Crippen LogP contribution in [0.2, 0.25) is 0 Å². The molecule has 0 fully saturated rings. The Hall–Kier alpha value is -2.93. The van der Waals surface area contributed by atoms with Crippen molar-refractivity contribution in [3.05, 3.63) is 71.8 Å². The van der Waals surface area contributed by atoms with Crippen molar-refractivity contribution in [1.29, 1.82) is 0 Å². The molecule has 0 atom stereocenters. The highest BCUT2D eigenvalue weighted by Crippen LogP contribution is 2.15. The molecule has 0 radical (unpaired) electrons. The molecule has 0 unspecified atom stereocenters. The van der Waals surface area contributed by atoms with Crippen molar-refractivity contribution < 1.29 is 4.79 Å². The summed E-state index contributed by atoms with van der Waals surface area (Å²) in [6, 6.07) is 7.73. The van der Waals surface area contributed by atoms with E-state index in [0.29, 0.717) is 12.2 Å². The zero-order valence-electron chi connectivity index (χ0n) is 14.8. The first-order chi connectivity index (χ1) is 12.7. The van der Waals surface area contributed by atoms with E-state index in [-0.39, 0.29) is 5.91 Å². The molecule has 4 heterocycles. The van der Waals surface area contributed by atoms with Crippen molar-refractivity contribution >= 4 is 5.91 Å². The van der Waals surface area contributed by atoms with Crippen LogP contribution >= 0.6 is 0 Å². The molecule has 4 rings (SSSR count). The van der Waals surface area contributed by atoms with Crippen LogP contribution < -0.4 is 5.32 Å². The average molecular weight is 350 g/mol. The Bertz CT molecular complexity index is 898. The van der Waals surface area contributed by atoms with Crippen LogP contribution in [-0.4, -0.2) is 36.5 Å². The third-order valence-corrected chi connectivity index (χ3v) is 4.67. The van der Waals surface area contributed by atoms with Crippen molar-refractivity contribution in [2.75, 3.05) is 6.54 Å². The predicted molar refractivity (Wildman–Crippen MR) is 97.2 cm³/mol. The van der Waals surface area contributed by atoms with Crippen LogP contribution in [-0.2, 0) is 33.2 Å². The van der Waals surface area contributed by atoms with E-state index >= 15 is 0 Å². The molecule has 7 nitrogen and oxygen atoms in total. The zero-order valence-corrected chi connectivity index (χ0v) is 14.8. The molecular weight excluding hydrogens is 328 g/mol. The van der Waals surface area contributed by atoms with Crippen molar-refractivity contribution in [3.8, 4) is 0 Å². The minimum Gasteiger partial charge on any atom is -0.347 e. The molecule has 0 spiro atoms. The van der Waals surface area contributed by atoms with Gasteiger partial charge in [-0.3, -0.25) is 14.7 Å². The molecule has 26 heavy (non-hydrogen) atoms. The molecule has 3 aromatic rings. The van der Waals surface area contributed by atoms with Gasteiger partial charge in [0.05, 0.1) is 18.8 Å². The van der Waals surface area contributed by atoms with Gasteiger partial charge in [0.1, 0.15) is 11.5 Å². The lowest BCUT2D eigenvalue weighted by Gasteiger charge is -2.27. The molecule has 0 bridgehead atoms. The fraction of sp³-hybridized carbons (Fsp3) is 0.316. The Balaban J connectivity index is 1.37. The van der Waals surface area contributed by atoms with E-state index in [2.05, 4.69) is 25.8 Å². The molecule has 1 amide bonds. The van der Waals surface area contributed by atoms with Gasteiger partial charge in [0.25, 0.3) is 5.91 Å². The number of carbonyl (C=O) groups is 1. The largest absolute Gasteiger partial charge is 0.347 e. The van der Waals surface area contributed by atoms with Gasteiger partial charge >= 0.3 is 0 Å². The molecular formula is C19H22N6O. The first-order valence-electron chi connectivity index (χ1n) is 8.75. The van der Waals surface area contributed by atoms with Crippen LogP contribution in [0.3, 0.4) is 0 Å². The number of hydrogen-bond acceptors (Lipinski definition) is 4. The van der Waals surface area contributed by atoms with E-state index in [1.807, 2.05) is 48.4 Å². The summed E-state index contributed by atoms with van der Waals surface area (Å²) in [5, 5.41) is 2.94. The van der Waals surface area contributed by atoms with Crippen molar-refractivity contribution in [3.63, 3.8) is 0 Å². The van der Waals surface area contributed by atoms with E-state index < -0.39 is 0 Å². The number of aryl methyl sites for hydroxylation is 1. The molecule has 134 valence electrons. The standard InChI is InChI=1S/C19H22N6O/c1-23-7-3-5-17(23)19(26)21-11-16-13-25-9-8-24(14-18(25)22-16)12-15-4-2-6-20-10-15/h2-7,10,13H,8-9,11-12,14H2,1H3,(H,21,26). The summed E-state index contributed by atoms with van der Waals surface area (Å²) in [7, 11) is 1.86. The lowest BCUT2D eigenvalue weighted by Crippen LogP contribution is -2.33. The maximum atomic E-state index is 12.2. The van der Waals surface area contributed by atoms with E-state index in [9.17, 15) is 4.79 Å². The molecule has 1 aliphatic heterocycles. The highest BCUT2D eigenvalue weighted by atomic mass is 16.1. The molecule has 0 aliphatic carbocycles. The van der Waals surface area contributed by atoms with Gasteiger partial charge in [-0.25, -0.2) is 4.98 Å². The van der Waals surface area contributed by atoms with Gasteiger partial charge in [-0.2, -0.15) is 0 Å². The number of hydrogen-bond donors (Lipinski definition) is 1. The molecule has 0 saturated carbocycles. The molecule has 0 saturated heterocycles. The fourth-order valence-corrected chi connectivity index (χ4v) is 3.29. The highest BCUT2D eigenvalue weighted by molar-refractivity contribution is 5.92. The van der Waals surface area contributed by atoms with Crippen LogP contribution in [0.4, 0.5) is 0 Å². The number of aromatic nitrogens is 4. The second kappa shape index (κ2) is 7.13. The number of pyridine rings is 1. The number of nitrogens with zero attached hydrogens (tertiary/aromatic N) is 5. The van der Waals surface area contributed by atoms with Crippen molar-refractivity contribution in [2.45, 2.75) is 26.2 Å². The zero-order chi connectivity index (χ0) is 17.9. The predicted octanol–water partition coefficient (Wildman–Crippen LogP) is 1.56. The molecule has 0 aromatic carbocycles. The van der Waals surface area contributed by atoms with E-state index in [0.717, 1.165) is 37.7 Å². The maximum absolute atomic E-state index is 12.2. The molecule has 1 N–H and O–H groups in total. The second-order valence-corrected chi connectivity index (χ2v) is 6.60. The first kappa shape index (κ1) is 16.5. The van der Waals surface area contributed by atoms with Gasteiger partial charge in [0.15, 0.2) is 0 Å². The average Bonchev–Trinajstić information content (AvgIpc) is 3.26. The minimum absolute atomic E-state index is 0.0818. The number of carbonyl (C=O) groups excluding carboxylic acids is 1. The minimum atomic E-state index is -0.0818. The number of fused-ring (bicyclic) bond motifs is 1. The van der Waals surface area contributed by atoms with Gasteiger partial charge in [0, 0.05) is 51.5 Å².